The molecule has 0 spiro atoms. The lowest BCUT2D eigenvalue weighted by atomic mass is 10.1. The summed E-state index contributed by atoms with van der Waals surface area (Å²) < 4.78 is 16.4. The zero-order valence-electron chi connectivity index (χ0n) is 20.9. The zero-order valence-corrected chi connectivity index (χ0v) is 21.8. The lowest BCUT2D eigenvalue weighted by Gasteiger charge is -2.31. The quantitative estimate of drug-likeness (QED) is 0.145. The van der Waals surface area contributed by atoms with Crippen LogP contribution in [0.15, 0.2) is 115 Å². The number of ether oxygens (including phenoxy) is 3. The van der Waals surface area contributed by atoms with Crippen LogP contribution in [-0.4, -0.2) is 30.4 Å². The Balaban J connectivity index is 1.81. The van der Waals surface area contributed by atoms with Crippen molar-refractivity contribution in [3.05, 3.63) is 121 Å². The van der Waals surface area contributed by atoms with E-state index in [0.29, 0.717) is 11.5 Å². The molecule has 0 N–H and O–H groups in total. The van der Waals surface area contributed by atoms with Crippen molar-refractivity contribution in [2.75, 3.05) is 13.4 Å². The number of rotatable bonds is 8. The third-order valence-electron chi connectivity index (χ3n) is 6.29. The summed E-state index contributed by atoms with van der Waals surface area (Å²) in [6, 6.07) is 34.8. The summed E-state index contributed by atoms with van der Waals surface area (Å²) >= 11 is 0. The molecule has 1 aliphatic rings. The molecule has 1 aliphatic heterocycles. The van der Waals surface area contributed by atoms with Crippen molar-refractivity contribution in [3.63, 3.8) is 0 Å². The first-order valence-corrected chi connectivity index (χ1v) is 14.2. The Bertz CT molecular complexity index is 1420. The first kappa shape index (κ1) is 25.3. The third kappa shape index (κ3) is 4.81. The van der Waals surface area contributed by atoms with Crippen molar-refractivity contribution in [2.24, 2.45) is 0 Å². The average molecular weight is 523 g/mol. The van der Waals surface area contributed by atoms with Gasteiger partial charge < -0.3 is 14.2 Å². The van der Waals surface area contributed by atoms with Crippen molar-refractivity contribution in [1.82, 2.24) is 0 Å². The molecule has 0 unspecified atom stereocenters. The smallest absolute Gasteiger partial charge is 0.343 e. The van der Waals surface area contributed by atoms with E-state index in [2.05, 4.69) is 0 Å². The third-order valence-corrected chi connectivity index (χ3v) is 10.6. The lowest BCUT2D eigenvalue weighted by Crippen LogP contribution is -2.37. The van der Waals surface area contributed by atoms with E-state index in [1.165, 1.54) is 6.08 Å². The van der Waals surface area contributed by atoms with Gasteiger partial charge in [-0.3, -0.25) is 4.79 Å². The Morgan fingerprint density at radius 2 is 1.29 bits per heavy atom. The molecule has 4 aromatic rings. The van der Waals surface area contributed by atoms with Gasteiger partial charge in [0.25, 0.3) is 0 Å². The van der Waals surface area contributed by atoms with Gasteiger partial charge in [-0.05, 0) is 53.5 Å². The number of ketones is 1. The molecule has 5 nitrogen and oxygen atoms in total. The minimum atomic E-state index is -2.94. The van der Waals surface area contributed by atoms with Crippen LogP contribution in [0.4, 0.5) is 0 Å². The molecule has 0 aromatic heterocycles. The van der Waals surface area contributed by atoms with Gasteiger partial charge in [-0.15, -0.1) is 0 Å². The first-order valence-electron chi connectivity index (χ1n) is 12.4. The Morgan fingerprint density at radius 1 is 0.763 bits per heavy atom. The molecule has 0 amide bonds. The summed E-state index contributed by atoms with van der Waals surface area (Å²) in [7, 11) is 0. The van der Waals surface area contributed by atoms with Crippen molar-refractivity contribution >= 4 is 45.9 Å². The highest BCUT2D eigenvalue weighted by Crippen LogP contribution is 2.46. The summed E-state index contributed by atoms with van der Waals surface area (Å²) in [6.45, 7) is -0.877. The topological polar surface area (TPSA) is 61.8 Å². The van der Waals surface area contributed by atoms with Crippen molar-refractivity contribution in [2.45, 2.75) is 6.92 Å². The Labute approximate surface area is 222 Å². The van der Waals surface area contributed by atoms with Gasteiger partial charge in [0, 0.05) is 0 Å². The lowest BCUT2D eigenvalue weighted by molar-refractivity contribution is -0.135. The van der Waals surface area contributed by atoms with E-state index in [1.54, 1.807) is 19.1 Å². The Morgan fingerprint density at radius 3 is 1.82 bits per heavy atom. The van der Waals surface area contributed by atoms with E-state index in [4.69, 9.17) is 14.2 Å². The van der Waals surface area contributed by atoms with Crippen LogP contribution in [0.2, 0.25) is 0 Å². The van der Waals surface area contributed by atoms with Crippen LogP contribution in [0.3, 0.4) is 0 Å². The Kier molecular flexibility index (Phi) is 7.57. The van der Waals surface area contributed by atoms with Crippen LogP contribution in [0, 0.1) is 0 Å². The number of carbonyl (C=O) groups excluding carboxylic acids is 2. The summed E-state index contributed by atoms with van der Waals surface area (Å²) in [5.74, 6) is 0.270. The van der Waals surface area contributed by atoms with E-state index in [1.807, 2.05) is 103 Å². The van der Waals surface area contributed by atoms with Crippen molar-refractivity contribution in [1.29, 1.82) is 0 Å². The van der Waals surface area contributed by atoms with Gasteiger partial charge in [0.1, 0.15) is 5.29 Å². The second kappa shape index (κ2) is 11.4. The molecule has 0 fully saturated rings. The molecule has 0 saturated carbocycles. The van der Waals surface area contributed by atoms with Crippen LogP contribution in [0.25, 0.3) is 6.08 Å². The normalized spacial score (nSPS) is 12.3. The molecule has 38 heavy (non-hydrogen) atoms. The summed E-state index contributed by atoms with van der Waals surface area (Å²) in [4.78, 5) is 28.0. The number of carbonyl (C=O) groups is 2. The van der Waals surface area contributed by atoms with Gasteiger partial charge in [0.15, 0.2) is 17.3 Å². The number of fused-ring (bicyclic) bond motifs is 1. The standard InChI is InChI=1S/C32H27O5P/c1-2-35-32(34)31(28(33)20-18-24-19-21-29-30(22-24)37-23-36-29)38(25-12-6-3-7-13-25,26-14-8-4-9-15-26)27-16-10-5-11-17-27/h3-22H,2,23H2,1H3. The van der Waals surface area contributed by atoms with E-state index < -0.39 is 18.6 Å². The van der Waals surface area contributed by atoms with Crippen molar-refractivity contribution in [3.8, 4) is 11.5 Å². The van der Waals surface area contributed by atoms with Gasteiger partial charge >= 0.3 is 5.97 Å². The molecule has 0 radical (unpaired) electrons. The fourth-order valence-electron chi connectivity index (χ4n) is 4.66. The molecule has 1 heterocycles. The minimum Gasteiger partial charge on any atom is -0.462 e. The molecule has 6 heteroatoms. The van der Waals surface area contributed by atoms with Crippen molar-refractivity contribution < 1.29 is 23.8 Å². The number of esters is 1. The summed E-state index contributed by atoms with van der Waals surface area (Å²) in [6.07, 6.45) is 3.15. The maximum atomic E-state index is 14.2. The van der Waals surface area contributed by atoms with Gasteiger partial charge in [-0.2, -0.15) is 0 Å². The van der Waals surface area contributed by atoms with E-state index >= 15 is 0 Å². The number of hydrogen-bond acceptors (Lipinski definition) is 5. The van der Waals surface area contributed by atoms with Gasteiger partial charge in [-0.25, -0.2) is 4.79 Å². The number of allylic oxidation sites excluding steroid dienone is 1. The van der Waals surface area contributed by atoms with E-state index in [9.17, 15) is 9.59 Å². The van der Waals surface area contributed by atoms with Gasteiger partial charge in [-0.1, -0.05) is 103 Å². The minimum absolute atomic E-state index is 0.125. The second-order valence-electron chi connectivity index (χ2n) is 8.56. The van der Waals surface area contributed by atoms with Gasteiger partial charge in [0.05, 0.1) is 6.61 Å². The summed E-state index contributed by atoms with van der Waals surface area (Å²) in [5, 5.41) is 2.81. The molecular formula is C32H27O5P. The highest BCUT2D eigenvalue weighted by atomic mass is 31.2. The maximum absolute atomic E-state index is 14.2. The fraction of sp³-hybridized carbons (Fsp3) is 0.0938. The van der Waals surface area contributed by atoms with Crippen LogP contribution >= 0.6 is 6.89 Å². The molecule has 5 rings (SSSR count). The van der Waals surface area contributed by atoms with Gasteiger partial charge in [0.2, 0.25) is 6.79 Å². The largest absolute Gasteiger partial charge is 0.462 e. The second-order valence-corrected chi connectivity index (χ2v) is 11.9. The average Bonchev–Trinajstić information content (AvgIpc) is 3.44. The Hall–Kier alpha value is -4.34. The molecule has 4 aromatic carbocycles. The number of hydrogen-bond donors (Lipinski definition) is 0. The SMILES string of the molecule is CCOC(=O)C(C(=O)C=Cc1ccc2c(c1)OCO2)=P(c1ccccc1)(c1ccccc1)c1ccccc1. The molecule has 0 aliphatic carbocycles. The summed E-state index contributed by atoms with van der Waals surface area (Å²) in [5.41, 5.74) is 0.758. The fourth-order valence-corrected chi connectivity index (χ4v) is 8.93. The monoisotopic (exact) mass is 522 g/mol. The van der Waals surface area contributed by atoms with Crippen LogP contribution < -0.4 is 25.4 Å². The van der Waals surface area contributed by atoms with Crippen LogP contribution in [-0.2, 0) is 14.3 Å². The highest BCUT2D eigenvalue weighted by Gasteiger charge is 2.36. The molecule has 0 saturated heterocycles. The zero-order chi connectivity index (χ0) is 26.4. The number of benzene rings is 4. The van der Waals surface area contributed by atoms with E-state index in [0.717, 1.165) is 21.5 Å². The molecular weight excluding hydrogens is 495 g/mol. The van der Waals surface area contributed by atoms with Crippen LogP contribution in [0.1, 0.15) is 12.5 Å². The van der Waals surface area contributed by atoms with Crippen LogP contribution in [0.5, 0.6) is 11.5 Å². The maximum Gasteiger partial charge on any atom is 0.343 e. The molecule has 0 bridgehead atoms. The predicted molar refractivity (Wildman–Crippen MR) is 153 cm³/mol. The predicted octanol–water partition coefficient (Wildman–Crippen LogP) is 4.73. The van der Waals surface area contributed by atoms with E-state index in [-0.39, 0.29) is 18.7 Å². The first-order chi connectivity index (χ1) is 18.6. The highest BCUT2D eigenvalue weighted by molar-refractivity contribution is 7.97. The molecule has 0 atom stereocenters. The molecule has 190 valence electrons.